The Kier molecular flexibility index (Phi) is 4.04. The number of nitrogens with zero attached hydrogens (tertiary/aromatic N) is 1. The third-order valence-electron chi connectivity index (χ3n) is 2.85. The van der Waals surface area contributed by atoms with Gasteiger partial charge in [-0.3, -0.25) is 10.1 Å². The third-order valence-corrected chi connectivity index (χ3v) is 2.85. The summed E-state index contributed by atoms with van der Waals surface area (Å²) in [5.41, 5.74) is 5.75. The van der Waals surface area contributed by atoms with E-state index in [1.807, 2.05) is 0 Å². The number of ether oxygens (including phenoxy) is 3. The first-order chi connectivity index (χ1) is 9.47. The van der Waals surface area contributed by atoms with Gasteiger partial charge in [0.25, 0.3) is 5.69 Å². The van der Waals surface area contributed by atoms with Crippen molar-refractivity contribution in [3.8, 4) is 5.75 Å². The van der Waals surface area contributed by atoms with Crippen molar-refractivity contribution in [3.63, 3.8) is 0 Å². The van der Waals surface area contributed by atoms with E-state index in [1.54, 1.807) is 6.92 Å². The van der Waals surface area contributed by atoms with E-state index in [4.69, 9.17) is 19.9 Å². The lowest BCUT2D eigenvalue weighted by Gasteiger charge is -2.11. The van der Waals surface area contributed by atoms with Gasteiger partial charge in [-0.05, 0) is 25.0 Å². The molecule has 1 atom stereocenters. The Labute approximate surface area is 114 Å². The summed E-state index contributed by atoms with van der Waals surface area (Å²) in [6.07, 6.45) is -0.164. The van der Waals surface area contributed by atoms with Crippen molar-refractivity contribution in [2.45, 2.75) is 26.1 Å². The summed E-state index contributed by atoms with van der Waals surface area (Å²) in [5, 5.41) is 10.8. The van der Waals surface area contributed by atoms with E-state index in [1.165, 1.54) is 6.07 Å². The van der Waals surface area contributed by atoms with E-state index in [0.29, 0.717) is 18.6 Å². The lowest BCUT2D eigenvalue weighted by atomic mass is 10.1. The van der Waals surface area contributed by atoms with Crippen LogP contribution in [0.4, 0.5) is 16.2 Å². The van der Waals surface area contributed by atoms with Crippen LogP contribution in [0.25, 0.3) is 0 Å². The molecule has 1 fully saturated rings. The van der Waals surface area contributed by atoms with Crippen molar-refractivity contribution in [2.24, 2.45) is 0 Å². The van der Waals surface area contributed by atoms with Gasteiger partial charge < -0.3 is 19.9 Å². The highest BCUT2D eigenvalue weighted by Crippen LogP contribution is 2.30. The predicted molar refractivity (Wildman–Crippen MR) is 68.3 cm³/mol. The number of carbonyl (C=O) groups is 1. The smallest absolute Gasteiger partial charge is 0.404 e. The fourth-order valence-corrected chi connectivity index (χ4v) is 1.83. The molecule has 1 aliphatic rings. The minimum atomic E-state index is -0.963. The molecular formula is C12H14N2O6. The van der Waals surface area contributed by atoms with Gasteiger partial charge in [-0.25, -0.2) is 4.79 Å². The Balaban J connectivity index is 2.08. The zero-order valence-corrected chi connectivity index (χ0v) is 10.8. The van der Waals surface area contributed by atoms with Crippen molar-refractivity contribution >= 4 is 17.5 Å². The Morgan fingerprint density at radius 2 is 2.30 bits per heavy atom. The maximum Gasteiger partial charge on any atom is 0.516 e. The molecule has 1 unspecified atom stereocenters. The van der Waals surface area contributed by atoms with Crippen LogP contribution in [0.2, 0.25) is 0 Å². The van der Waals surface area contributed by atoms with Crippen LogP contribution >= 0.6 is 0 Å². The van der Waals surface area contributed by atoms with Crippen molar-refractivity contribution in [2.75, 3.05) is 12.3 Å². The molecule has 0 saturated carbocycles. The lowest BCUT2D eigenvalue weighted by molar-refractivity contribution is -0.384. The van der Waals surface area contributed by atoms with Gasteiger partial charge in [-0.2, -0.15) is 0 Å². The molecule has 0 bridgehead atoms. The largest absolute Gasteiger partial charge is 0.516 e. The maximum absolute atomic E-state index is 11.5. The molecule has 0 aliphatic carbocycles. The Morgan fingerprint density at radius 3 is 2.90 bits per heavy atom. The van der Waals surface area contributed by atoms with Crippen LogP contribution < -0.4 is 10.5 Å². The summed E-state index contributed by atoms with van der Waals surface area (Å²) in [6, 6.07) is 2.51. The highest BCUT2D eigenvalue weighted by Gasteiger charge is 2.22. The van der Waals surface area contributed by atoms with Crippen molar-refractivity contribution in [1.82, 2.24) is 0 Å². The number of benzene rings is 1. The summed E-state index contributed by atoms with van der Waals surface area (Å²) in [6.45, 7) is 2.12. The van der Waals surface area contributed by atoms with Crippen LogP contribution in [0.15, 0.2) is 12.1 Å². The molecular weight excluding hydrogens is 268 g/mol. The number of carbonyl (C=O) groups excluding carboxylic acids is 1. The molecule has 0 spiro atoms. The van der Waals surface area contributed by atoms with Gasteiger partial charge in [0.05, 0.1) is 17.6 Å². The number of nitro benzene ring substituents is 1. The van der Waals surface area contributed by atoms with Crippen LogP contribution in [0.3, 0.4) is 0 Å². The average Bonchev–Trinajstić information content (AvgIpc) is 2.85. The molecule has 1 aromatic carbocycles. The summed E-state index contributed by atoms with van der Waals surface area (Å²) >= 11 is 0. The minimum absolute atomic E-state index is 0.00592. The normalized spacial score (nSPS) is 17.8. The molecule has 0 aromatic heterocycles. The fraction of sp³-hybridized carbons (Fsp3) is 0.417. The number of anilines is 1. The third kappa shape index (κ3) is 3.15. The molecule has 8 nitrogen and oxygen atoms in total. The summed E-state index contributed by atoms with van der Waals surface area (Å²) in [5.74, 6) is 0.00592. The second-order valence-electron chi connectivity index (χ2n) is 4.34. The average molecular weight is 282 g/mol. The van der Waals surface area contributed by atoms with E-state index in [9.17, 15) is 14.9 Å². The Morgan fingerprint density at radius 1 is 1.55 bits per heavy atom. The van der Waals surface area contributed by atoms with Crippen molar-refractivity contribution in [1.29, 1.82) is 0 Å². The quantitative estimate of drug-likeness (QED) is 0.297. The summed E-state index contributed by atoms with van der Waals surface area (Å²) in [7, 11) is 0. The molecule has 1 aromatic rings. The van der Waals surface area contributed by atoms with Gasteiger partial charge in [0.2, 0.25) is 6.29 Å². The van der Waals surface area contributed by atoms with E-state index in [-0.39, 0.29) is 17.1 Å². The second kappa shape index (κ2) is 5.74. The van der Waals surface area contributed by atoms with Crippen LogP contribution in [0.5, 0.6) is 5.75 Å². The standard InChI is InChI=1S/C12H14N2O6/c1-7-5-8(6-9(11(7)13)14(16)17)19-12(15)20-10-3-2-4-18-10/h5-6,10H,2-4,13H2,1H3. The highest BCUT2D eigenvalue weighted by molar-refractivity contribution is 5.69. The predicted octanol–water partition coefficient (Wildman–Crippen LogP) is 2.14. The lowest BCUT2D eigenvalue weighted by Crippen LogP contribution is -2.19. The van der Waals surface area contributed by atoms with Gasteiger partial charge in [-0.15, -0.1) is 0 Å². The monoisotopic (exact) mass is 282 g/mol. The topological polar surface area (TPSA) is 114 Å². The summed E-state index contributed by atoms with van der Waals surface area (Å²) < 4.78 is 14.9. The van der Waals surface area contributed by atoms with E-state index in [2.05, 4.69) is 0 Å². The van der Waals surface area contributed by atoms with E-state index in [0.717, 1.165) is 12.5 Å². The molecule has 0 radical (unpaired) electrons. The molecule has 2 rings (SSSR count). The fourth-order valence-electron chi connectivity index (χ4n) is 1.83. The van der Waals surface area contributed by atoms with Crippen LogP contribution in [-0.4, -0.2) is 24.0 Å². The van der Waals surface area contributed by atoms with Gasteiger partial charge in [0.15, 0.2) is 0 Å². The number of hydrogen-bond donors (Lipinski definition) is 1. The van der Waals surface area contributed by atoms with Gasteiger partial charge in [0.1, 0.15) is 11.4 Å². The number of nitrogen functional groups attached to an aromatic ring is 1. The van der Waals surface area contributed by atoms with Crippen molar-refractivity contribution < 1.29 is 23.9 Å². The molecule has 20 heavy (non-hydrogen) atoms. The molecule has 1 heterocycles. The van der Waals surface area contributed by atoms with Crippen LogP contribution in [0, 0.1) is 17.0 Å². The Bertz CT molecular complexity index is 539. The van der Waals surface area contributed by atoms with Crippen molar-refractivity contribution in [3.05, 3.63) is 27.8 Å². The molecule has 1 saturated heterocycles. The molecule has 8 heteroatoms. The first-order valence-corrected chi connectivity index (χ1v) is 6.02. The van der Waals surface area contributed by atoms with Gasteiger partial charge in [-0.1, -0.05) is 0 Å². The minimum Gasteiger partial charge on any atom is -0.404 e. The van der Waals surface area contributed by atoms with Crippen LogP contribution in [0.1, 0.15) is 18.4 Å². The molecule has 2 N–H and O–H groups in total. The first kappa shape index (κ1) is 14.1. The summed E-state index contributed by atoms with van der Waals surface area (Å²) in [4.78, 5) is 21.7. The number of aryl methyl sites for hydroxylation is 1. The number of nitro groups is 1. The maximum atomic E-state index is 11.5. The van der Waals surface area contributed by atoms with E-state index >= 15 is 0 Å². The highest BCUT2D eigenvalue weighted by atomic mass is 16.8. The number of hydrogen-bond acceptors (Lipinski definition) is 7. The number of nitrogens with two attached hydrogens (primary N) is 1. The Hall–Kier alpha value is -2.35. The second-order valence-corrected chi connectivity index (χ2v) is 4.34. The zero-order chi connectivity index (χ0) is 14.7. The molecule has 0 amide bonds. The van der Waals surface area contributed by atoms with Crippen LogP contribution in [-0.2, 0) is 9.47 Å². The molecule has 1 aliphatic heterocycles. The molecule has 108 valence electrons. The van der Waals surface area contributed by atoms with Gasteiger partial charge in [0, 0.05) is 6.42 Å². The SMILES string of the molecule is Cc1cc(OC(=O)OC2CCCO2)cc([N+](=O)[O-])c1N. The zero-order valence-electron chi connectivity index (χ0n) is 10.8. The number of rotatable bonds is 3. The first-order valence-electron chi connectivity index (χ1n) is 6.02. The van der Waals surface area contributed by atoms with Gasteiger partial charge >= 0.3 is 6.16 Å². The van der Waals surface area contributed by atoms with E-state index < -0.39 is 17.4 Å².